The number of rotatable bonds is 8. The van der Waals surface area contributed by atoms with Crippen LogP contribution in [0.15, 0.2) is 71.4 Å². The molecule has 0 saturated carbocycles. The summed E-state index contributed by atoms with van der Waals surface area (Å²) in [6.45, 7) is 4.64. The van der Waals surface area contributed by atoms with Crippen LogP contribution in [-0.2, 0) is 4.79 Å². The molecular formula is C23H25N3O3. The Morgan fingerprint density at radius 3 is 2.31 bits per heavy atom. The number of carbonyl (C=O) groups excluding carboxylic acids is 2. The molecule has 150 valence electrons. The van der Waals surface area contributed by atoms with Crippen LogP contribution in [0.25, 0.3) is 11.1 Å². The number of hydrogen-bond acceptors (Lipinski definition) is 4. The number of hydrogen-bond donors (Lipinski definition) is 1. The standard InChI is InChI=1S/C23H25N3O3/c1-17(2)12-14-26(16-22(27)24-21-13-15-29-25-21)23(28)20-10-8-19(9-11-20)18-6-4-3-5-7-18/h3-11,13,15,17H,12,14,16H2,1-2H3,(H,24,25,27). The van der Waals surface area contributed by atoms with Gasteiger partial charge in [0.05, 0.1) is 0 Å². The molecule has 2 aromatic carbocycles. The van der Waals surface area contributed by atoms with E-state index in [1.54, 1.807) is 11.0 Å². The van der Waals surface area contributed by atoms with Crippen LogP contribution in [0.4, 0.5) is 5.82 Å². The molecule has 0 aliphatic heterocycles. The van der Waals surface area contributed by atoms with E-state index in [1.165, 1.54) is 6.26 Å². The fraction of sp³-hybridized carbons (Fsp3) is 0.261. The Balaban J connectivity index is 1.72. The SMILES string of the molecule is CC(C)CCN(CC(=O)Nc1ccon1)C(=O)c1ccc(-c2ccccc2)cc1. The van der Waals surface area contributed by atoms with Crippen molar-refractivity contribution in [2.45, 2.75) is 20.3 Å². The Kier molecular flexibility index (Phi) is 6.79. The zero-order valence-electron chi connectivity index (χ0n) is 16.7. The third kappa shape index (κ3) is 5.78. The van der Waals surface area contributed by atoms with Gasteiger partial charge in [0.2, 0.25) is 5.91 Å². The summed E-state index contributed by atoms with van der Waals surface area (Å²) in [5, 5.41) is 6.31. The molecule has 1 heterocycles. The maximum Gasteiger partial charge on any atom is 0.254 e. The quantitative estimate of drug-likeness (QED) is 0.615. The van der Waals surface area contributed by atoms with Crippen LogP contribution in [-0.4, -0.2) is 35.0 Å². The molecule has 0 fully saturated rings. The average Bonchev–Trinajstić information content (AvgIpc) is 3.24. The third-order valence-electron chi connectivity index (χ3n) is 4.54. The van der Waals surface area contributed by atoms with Crippen LogP contribution < -0.4 is 5.32 Å². The minimum atomic E-state index is -0.308. The first-order valence-corrected chi connectivity index (χ1v) is 9.68. The maximum atomic E-state index is 13.1. The molecule has 6 heteroatoms. The lowest BCUT2D eigenvalue weighted by Gasteiger charge is -2.23. The molecule has 0 atom stereocenters. The molecule has 0 radical (unpaired) electrons. The van der Waals surface area contributed by atoms with E-state index < -0.39 is 0 Å². The first kappa shape index (κ1) is 20.3. The van der Waals surface area contributed by atoms with Crippen molar-refractivity contribution in [2.75, 3.05) is 18.4 Å². The van der Waals surface area contributed by atoms with Crippen LogP contribution >= 0.6 is 0 Å². The molecule has 0 aliphatic carbocycles. The molecule has 6 nitrogen and oxygen atoms in total. The molecule has 2 amide bonds. The monoisotopic (exact) mass is 391 g/mol. The summed E-state index contributed by atoms with van der Waals surface area (Å²) < 4.78 is 4.72. The number of amides is 2. The van der Waals surface area contributed by atoms with Crippen LogP contribution in [0.1, 0.15) is 30.6 Å². The van der Waals surface area contributed by atoms with E-state index in [-0.39, 0.29) is 18.4 Å². The van der Waals surface area contributed by atoms with E-state index in [9.17, 15) is 9.59 Å². The number of aromatic nitrogens is 1. The molecule has 3 aromatic rings. The maximum absolute atomic E-state index is 13.1. The summed E-state index contributed by atoms with van der Waals surface area (Å²) in [6, 6.07) is 19.0. The molecule has 0 bridgehead atoms. The van der Waals surface area contributed by atoms with Crippen LogP contribution in [0.3, 0.4) is 0 Å². The zero-order chi connectivity index (χ0) is 20.6. The van der Waals surface area contributed by atoms with Crippen molar-refractivity contribution in [3.8, 4) is 11.1 Å². The van der Waals surface area contributed by atoms with Gasteiger partial charge in [0.15, 0.2) is 5.82 Å². The molecule has 1 N–H and O–H groups in total. The number of nitrogens with zero attached hydrogens (tertiary/aromatic N) is 2. The summed E-state index contributed by atoms with van der Waals surface area (Å²) in [4.78, 5) is 27.0. The molecule has 0 spiro atoms. The molecule has 0 aliphatic rings. The largest absolute Gasteiger partial charge is 0.363 e. The second-order valence-electron chi connectivity index (χ2n) is 7.29. The van der Waals surface area contributed by atoms with Gasteiger partial charge in [0.25, 0.3) is 5.91 Å². The summed E-state index contributed by atoms with van der Waals surface area (Å²) >= 11 is 0. The minimum absolute atomic E-state index is 0.0428. The summed E-state index contributed by atoms with van der Waals surface area (Å²) in [5.41, 5.74) is 2.69. The highest BCUT2D eigenvalue weighted by molar-refractivity contribution is 5.99. The van der Waals surface area contributed by atoms with E-state index >= 15 is 0 Å². The lowest BCUT2D eigenvalue weighted by atomic mass is 10.0. The summed E-state index contributed by atoms with van der Waals surface area (Å²) in [6.07, 6.45) is 2.19. The number of anilines is 1. The van der Waals surface area contributed by atoms with Gasteiger partial charge in [-0.2, -0.15) is 0 Å². The van der Waals surface area contributed by atoms with Gasteiger partial charge in [-0.1, -0.05) is 61.5 Å². The topological polar surface area (TPSA) is 75.4 Å². The van der Waals surface area contributed by atoms with Crippen molar-refractivity contribution in [2.24, 2.45) is 5.92 Å². The van der Waals surface area contributed by atoms with Gasteiger partial charge in [0.1, 0.15) is 12.8 Å². The van der Waals surface area contributed by atoms with Gasteiger partial charge in [-0.15, -0.1) is 0 Å². The Bertz CT molecular complexity index is 920. The molecule has 29 heavy (non-hydrogen) atoms. The van der Waals surface area contributed by atoms with Crippen LogP contribution in [0, 0.1) is 5.92 Å². The van der Waals surface area contributed by atoms with Crippen molar-refractivity contribution < 1.29 is 14.1 Å². The summed E-state index contributed by atoms with van der Waals surface area (Å²) in [7, 11) is 0. The zero-order valence-corrected chi connectivity index (χ0v) is 16.7. The predicted molar refractivity (Wildman–Crippen MR) is 112 cm³/mol. The van der Waals surface area contributed by atoms with Gasteiger partial charge in [-0.3, -0.25) is 9.59 Å². The smallest absolute Gasteiger partial charge is 0.254 e. The van der Waals surface area contributed by atoms with Crippen molar-refractivity contribution in [1.29, 1.82) is 0 Å². The van der Waals surface area contributed by atoms with E-state index in [0.29, 0.717) is 23.8 Å². The third-order valence-corrected chi connectivity index (χ3v) is 4.54. The fourth-order valence-electron chi connectivity index (χ4n) is 2.92. The first-order chi connectivity index (χ1) is 14.0. The Morgan fingerprint density at radius 2 is 1.69 bits per heavy atom. The second kappa shape index (κ2) is 9.68. The fourth-order valence-corrected chi connectivity index (χ4v) is 2.92. The van der Waals surface area contributed by atoms with E-state index in [1.807, 2.05) is 54.6 Å². The van der Waals surface area contributed by atoms with Crippen molar-refractivity contribution >= 4 is 17.6 Å². The predicted octanol–water partition coefficient (Wildman–Crippen LogP) is 4.47. The van der Waals surface area contributed by atoms with Crippen molar-refractivity contribution in [3.05, 3.63) is 72.5 Å². The highest BCUT2D eigenvalue weighted by Crippen LogP contribution is 2.20. The number of nitrogens with one attached hydrogen (secondary N) is 1. The van der Waals surface area contributed by atoms with Crippen molar-refractivity contribution in [3.63, 3.8) is 0 Å². The highest BCUT2D eigenvalue weighted by atomic mass is 16.5. The van der Waals surface area contributed by atoms with Gasteiger partial charge in [-0.25, -0.2) is 0 Å². The van der Waals surface area contributed by atoms with Crippen LogP contribution in [0.5, 0.6) is 0 Å². The number of carbonyl (C=O) groups is 2. The molecule has 3 rings (SSSR count). The van der Waals surface area contributed by atoms with E-state index in [2.05, 4.69) is 24.3 Å². The van der Waals surface area contributed by atoms with Gasteiger partial charge in [-0.05, 0) is 35.6 Å². The Hall–Kier alpha value is -3.41. The van der Waals surface area contributed by atoms with Crippen LogP contribution in [0.2, 0.25) is 0 Å². The molecule has 0 saturated heterocycles. The van der Waals surface area contributed by atoms with E-state index in [4.69, 9.17) is 4.52 Å². The minimum Gasteiger partial charge on any atom is -0.363 e. The highest BCUT2D eigenvalue weighted by Gasteiger charge is 2.20. The first-order valence-electron chi connectivity index (χ1n) is 9.68. The van der Waals surface area contributed by atoms with Gasteiger partial charge >= 0.3 is 0 Å². The van der Waals surface area contributed by atoms with Crippen molar-refractivity contribution in [1.82, 2.24) is 10.1 Å². The van der Waals surface area contributed by atoms with Gasteiger partial charge < -0.3 is 14.7 Å². The lowest BCUT2D eigenvalue weighted by Crippen LogP contribution is -2.39. The summed E-state index contributed by atoms with van der Waals surface area (Å²) in [5.74, 6) is 0.278. The lowest BCUT2D eigenvalue weighted by molar-refractivity contribution is -0.117. The van der Waals surface area contributed by atoms with E-state index in [0.717, 1.165) is 17.5 Å². The Labute approximate surface area is 170 Å². The number of benzene rings is 2. The molecular weight excluding hydrogens is 366 g/mol. The molecule has 1 aromatic heterocycles. The van der Waals surface area contributed by atoms with Gasteiger partial charge in [0, 0.05) is 18.2 Å². The molecule has 0 unspecified atom stereocenters. The second-order valence-corrected chi connectivity index (χ2v) is 7.29. The Morgan fingerprint density at radius 1 is 1.00 bits per heavy atom. The average molecular weight is 391 g/mol. The normalized spacial score (nSPS) is 10.7.